The molecule has 0 bridgehead atoms. The SMILES string of the molecule is Cc1ccccc1-n1nc(C(C)(C)C)cc1NC(=O)CN(Cc1ccccc1)C(=O)CCC1CCCC1. The summed E-state index contributed by atoms with van der Waals surface area (Å²) >= 11 is 0. The fraction of sp³-hybridized carbons (Fsp3) is 0.452. The second-order valence-electron chi connectivity index (χ2n) is 11.3. The number of nitrogens with one attached hydrogen (secondary N) is 1. The molecule has 1 aliphatic carbocycles. The van der Waals surface area contributed by atoms with Gasteiger partial charge in [0.1, 0.15) is 12.4 Å². The average Bonchev–Trinajstić information content (AvgIpc) is 3.53. The van der Waals surface area contributed by atoms with Crippen LogP contribution < -0.4 is 5.32 Å². The van der Waals surface area contributed by atoms with Gasteiger partial charge in [0.2, 0.25) is 11.8 Å². The van der Waals surface area contributed by atoms with Gasteiger partial charge in [-0.05, 0) is 36.5 Å². The molecule has 0 radical (unpaired) electrons. The van der Waals surface area contributed by atoms with Gasteiger partial charge in [0.05, 0.1) is 11.4 Å². The molecule has 1 saturated carbocycles. The summed E-state index contributed by atoms with van der Waals surface area (Å²) in [5.41, 5.74) is 3.71. The van der Waals surface area contributed by atoms with Crippen molar-refractivity contribution in [2.24, 2.45) is 5.92 Å². The van der Waals surface area contributed by atoms with Gasteiger partial charge in [-0.1, -0.05) is 95.0 Å². The number of hydrogen-bond donors (Lipinski definition) is 1. The zero-order valence-electron chi connectivity index (χ0n) is 22.7. The summed E-state index contributed by atoms with van der Waals surface area (Å²) in [6.45, 7) is 8.77. The summed E-state index contributed by atoms with van der Waals surface area (Å²) in [5.74, 6) is 1.06. The van der Waals surface area contributed by atoms with Gasteiger partial charge < -0.3 is 10.2 Å². The number of aryl methyl sites for hydroxylation is 1. The molecule has 2 aromatic carbocycles. The van der Waals surface area contributed by atoms with Crippen LogP contribution in [-0.2, 0) is 21.5 Å². The number of carbonyl (C=O) groups is 2. The number of benzene rings is 2. The van der Waals surface area contributed by atoms with Crippen molar-refractivity contribution < 1.29 is 9.59 Å². The lowest BCUT2D eigenvalue weighted by atomic mass is 9.92. The predicted molar refractivity (Wildman–Crippen MR) is 149 cm³/mol. The lowest BCUT2D eigenvalue weighted by Crippen LogP contribution is -2.38. The molecule has 1 N–H and O–H groups in total. The van der Waals surface area contributed by atoms with Crippen LogP contribution in [0.3, 0.4) is 0 Å². The first-order valence-electron chi connectivity index (χ1n) is 13.5. The topological polar surface area (TPSA) is 67.2 Å². The van der Waals surface area contributed by atoms with Gasteiger partial charge in [-0.15, -0.1) is 0 Å². The highest BCUT2D eigenvalue weighted by Crippen LogP contribution is 2.29. The molecular formula is C31H40N4O2. The zero-order valence-corrected chi connectivity index (χ0v) is 22.7. The number of rotatable bonds is 9. The van der Waals surface area contributed by atoms with Crippen molar-refractivity contribution >= 4 is 17.6 Å². The number of hydrogen-bond acceptors (Lipinski definition) is 3. The third-order valence-corrected chi connectivity index (χ3v) is 7.23. The Balaban J connectivity index is 1.53. The maximum absolute atomic E-state index is 13.4. The molecule has 6 nitrogen and oxygen atoms in total. The van der Waals surface area contributed by atoms with Crippen molar-refractivity contribution in [1.82, 2.24) is 14.7 Å². The van der Waals surface area contributed by atoms with Gasteiger partial charge in [0.25, 0.3) is 0 Å². The molecule has 0 aliphatic heterocycles. The van der Waals surface area contributed by atoms with Gasteiger partial charge in [0, 0.05) is 24.4 Å². The van der Waals surface area contributed by atoms with Crippen LogP contribution in [0, 0.1) is 12.8 Å². The van der Waals surface area contributed by atoms with E-state index in [2.05, 4.69) is 26.1 Å². The molecule has 6 heteroatoms. The Kier molecular flexibility index (Phi) is 8.47. The first-order chi connectivity index (χ1) is 17.7. The van der Waals surface area contributed by atoms with E-state index in [0.717, 1.165) is 28.9 Å². The largest absolute Gasteiger partial charge is 0.329 e. The van der Waals surface area contributed by atoms with E-state index in [0.29, 0.717) is 24.7 Å². The van der Waals surface area contributed by atoms with Crippen LogP contribution >= 0.6 is 0 Å². The van der Waals surface area contributed by atoms with Crippen molar-refractivity contribution in [3.63, 3.8) is 0 Å². The van der Waals surface area contributed by atoms with Gasteiger partial charge in [-0.2, -0.15) is 5.10 Å². The van der Waals surface area contributed by atoms with E-state index in [1.807, 2.05) is 67.6 Å². The van der Waals surface area contributed by atoms with Crippen molar-refractivity contribution in [3.05, 3.63) is 77.5 Å². The van der Waals surface area contributed by atoms with Gasteiger partial charge >= 0.3 is 0 Å². The Morgan fingerprint density at radius 3 is 2.38 bits per heavy atom. The summed E-state index contributed by atoms with van der Waals surface area (Å²) in [4.78, 5) is 28.3. The molecule has 2 amide bonds. The van der Waals surface area contributed by atoms with Crippen molar-refractivity contribution in [2.75, 3.05) is 11.9 Å². The van der Waals surface area contributed by atoms with Crippen LogP contribution in [0.4, 0.5) is 5.82 Å². The third kappa shape index (κ3) is 7.09. The van der Waals surface area contributed by atoms with Crippen LogP contribution in [0.2, 0.25) is 0 Å². The monoisotopic (exact) mass is 500 g/mol. The maximum Gasteiger partial charge on any atom is 0.245 e. The molecule has 0 saturated heterocycles. The van der Waals surface area contributed by atoms with E-state index < -0.39 is 0 Å². The predicted octanol–water partition coefficient (Wildman–Crippen LogP) is 6.42. The Morgan fingerprint density at radius 2 is 1.70 bits per heavy atom. The molecule has 37 heavy (non-hydrogen) atoms. The lowest BCUT2D eigenvalue weighted by molar-refractivity contribution is -0.135. The smallest absolute Gasteiger partial charge is 0.245 e. The Bertz CT molecular complexity index is 1200. The van der Waals surface area contributed by atoms with E-state index >= 15 is 0 Å². The second-order valence-corrected chi connectivity index (χ2v) is 11.3. The van der Waals surface area contributed by atoms with Gasteiger partial charge in [-0.25, -0.2) is 4.68 Å². The number of nitrogens with zero attached hydrogens (tertiary/aromatic N) is 3. The van der Waals surface area contributed by atoms with Crippen molar-refractivity contribution in [3.8, 4) is 5.69 Å². The quantitative estimate of drug-likeness (QED) is 0.369. The fourth-order valence-electron chi connectivity index (χ4n) is 5.00. The fourth-order valence-corrected chi connectivity index (χ4v) is 5.00. The standard InChI is InChI=1S/C31H40N4O2/c1-23-12-8-11-17-26(23)35-28(20-27(33-35)31(2,3)4)32-29(36)22-34(21-25-15-6-5-7-16-25)30(37)19-18-24-13-9-10-14-24/h5-8,11-12,15-17,20,24H,9-10,13-14,18-19,21-22H2,1-4H3,(H,32,36). The number of aromatic nitrogens is 2. The molecular weight excluding hydrogens is 460 g/mol. The van der Waals surface area contributed by atoms with E-state index in [4.69, 9.17) is 5.10 Å². The second kappa shape index (κ2) is 11.8. The summed E-state index contributed by atoms with van der Waals surface area (Å²) in [6.07, 6.45) is 6.35. The van der Waals surface area contributed by atoms with Crippen LogP contribution in [0.1, 0.15) is 76.1 Å². The molecule has 0 unspecified atom stereocenters. The number of amides is 2. The van der Waals surface area contributed by atoms with E-state index in [9.17, 15) is 9.59 Å². The highest BCUT2D eigenvalue weighted by Gasteiger charge is 2.24. The third-order valence-electron chi connectivity index (χ3n) is 7.23. The number of carbonyl (C=O) groups excluding carboxylic acids is 2. The molecule has 1 fully saturated rings. The number of anilines is 1. The zero-order chi connectivity index (χ0) is 26.4. The molecule has 4 rings (SSSR count). The maximum atomic E-state index is 13.4. The minimum absolute atomic E-state index is 0.00218. The lowest BCUT2D eigenvalue weighted by Gasteiger charge is -2.23. The first-order valence-corrected chi connectivity index (χ1v) is 13.5. The molecule has 1 aromatic heterocycles. The van der Waals surface area contributed by atoms with Crippen LogP contribution in [0.25, 0.3) is 5.69 Å². The summed E-state index contributed by atoms with van der Waals surface area (Å²) in [5, 5.41) is 7.91. The van der Waals surface area contributed by atoms with Gasteiger partial charge in [0.15, 0.2) is 0 Å². The molecule has 0 spiro atoms. The van der Waals surface area contributed by atoms with E-state index in [1.165, 1.54) is 25.7 Å². The summed E-state index contributed by atoms with van der Waals surface area (Å²) < 4.78 is 1.80. The van der Waals surface area contributed by atoms with Gasteiger partial charge in [-0.3, -0.25) is 9.59 Å². The van der Waals surface area contributed by atoms with Crippen LogP contribution in [-0.4, -0.2) is 33.0 Å². The normalized spacial score (nSPS) is 14.1. The molecule has 1 heterocycles. The van der Waals surface area contributed by atoms with Crippen molar-refractivity contribution in [1.29, 1.82) is 0 Å². The molecule has 3 aromatic rings. The minimum atomic E-state index is -0.222. The highest BCUT2D eigenvalue weighted by molar-refractivity contribution is 5.94. The average molecular weight is 501 g/mol. The molecule has 196 valence electrons. The van der Waals surface area contributed by atoms with Crippen molar-refractivity contribution in [2.45, 2.75) is 78.2 Å². The van der Waals surface area contributed by atoms with E-state index in [1.54, 1.807) is 9.58 Å². The Hall–Kier alpha value is -3.41. The van der Waals surface area contributed by atoms with Crippen LogP contribution in [0.5, 0.6) is 0 Å². The highest BCUT2D eigenvalue weighted by atomic mass is 16.2. The summed E-state index contributed by atoms with van der Waals surface area (Å²) in [7, 11) is 0. The molecule has 0 atom stereocenters. The Labute approximate surface area is 221 Å². The summed E-state index contributed by atoms with van der Waals surface area (Å²) in [6, 6.07) is 19.8. The van der Waals surface area contributed by atoms with E-state index in [-0.39, 0.29) is 23.8 Å². The minimum Gasteiger partial charge on any atom is -0.329 e. The molecule has 1 aliphatic rings. The number of para-hydroxylation sites is 1. The van der Waals surface area contributed by atoms with Crippen LogP contribution in [0.15, 0.2) is 60.7 Å². The first kappa shape index (κ1) is 26.6. The Morgan fingerprint density at radius 1 is 1.03 bits per heavy atom.